The van der Waals surface area contributed by atoms with Crippen molar-refractivity contribution in [3.8, 4) is 0 Å². The fourth-order valence-corrected chi connectivity index (χ4v) is 5.78. The fourth-order valence-electron chi connectivity index (χ4n) is 5.78. The third-order valence-electron chi connectivity index (χ3n) is 6.18. The highest BCUT2D eigenvalue weighted by atomic mass is 16.5. The molecule has 4 aliphatic carbocycles. The van der Waals surface area contributed by atoms with Crippen molar-refractivity contribution in [2.75, 3.05) is 6.61 Å². The molecule has 4 saturated carbocycles. The molecule has 118 valence electrons. The van der Waals surface area contributed by atoms with Crippen LogP contribution in [0, 0.1) is 23.2 Å². The van der Waals surface area contributed by atoms with Gasteiger partial charge in [0, 0.05) is 6.08 Å². The van der Waals surface area contributed by atoms with Gasteiger partial charge in [-0.1, -0.05) is 25.8 Å². The summed E-state index contributed by atoms with van der Waals surface area (Å²) >= 11 is 0. The molecule has 4 bridgehead atoms. The molecule has 4 aliphatic rings. The van der Waals surface area contributed by atoms with Gasteiger partial charge in [0.05, 0.1) is 6.61 Å². The van der Waals surface area contributed by atoms with E-state index >= 15 is 0 Å². The molecule has 0 aromatic heterocycles. The number of unbranched alkanes of at least 4 members (excludes halogenated alkanes) is 3. The van der Waals surface area contributed by atoms with Crippen LogP contribution < -0.4 is 0 Å². The average Bonchev–Trinajstić information content (AvgIpc) is 2.44. The molecule has 0 aromatic carbocycles. The van der Waals surface area contributed by atoms with Crippen molar-refractivity contribution in [3.05, 3.63) is 12.7 Å². The van der Waals surface area contributed by atoms with Crippen LogP contribution in [0.4, 0.5) is 0 Å². The summed E-state index contributed by atoms with van der Waals surface area (Å²) in [5.41, 5.74) is 0.740. The van der Waals surface area contributed by atoms with Crippen molar-refractivity contribution in [2.45, 2.75) is 70.6 Å². The highest BCUT2D eigenvalue weighted by molar-refractivity contribution is 5.81. The van der Waals surface area contributed by atoms with Crippen LogP contribution in [0.15, 0.2) is 12.7 Å². The predicted molar refractivity (Wildman–Crippen MR) is 84.8 cm³/mol. The van der Waals surface area contributed by atoms with E-state index in [9.17, 15) is 4.79 Å². The van der Waals surface area contributed by atoms with Crippen LogP contribution in [0.3, 0.4) is 0 Å². The Morgan fingerprint density at radius 1 is 1.00 bits per heavy atom. The van der Waals surface area contributed by atoms with E-state index in [1.54, 1.807) is 19.3 Å². The Balaban J connectivity index is 1.31. The van der Waals surface area contributed by atoms with Gasteiger partial charge in [-0.05, 0) is 74.5 Å². The Bertz CT molecular complexity index is 350. The molecule has 0 radical (unpaired) electrons. The molecule has 0 aromatic rings. The summed E-state index contributed by atoms with van der Waals surface area (Å²) in [5.74, 6) is 2.95. The van der Waals surface area contributed by atoms with E-state index in [-0.39, 0.29) is 5.97 Å². The molecule has 2 nitrogen and oxygen atoms in total. The number of hydrogen-bond donors (Lipinski definition) is 0. The first-order valence-corrected chi connectivity index (χ1v) is 8.98. The van der Waals surface area contributed by atoms with E-state index < -0.39 is 0 Å². The minimum Gasteiger partial charge on any atom is -0.463 e. The van der Waals surface area contributed by atoms with Gasteiger partial charge in [0.25, 0.3) is 0 Å². The molecule has 0 N–H and O–H groups in total. The lowest BCUT2D eigenvalue weighted by atomic mass is 9.48. The number of hydrogen-bond acceptors (Lipinski definition) is 2. The first-order valence-electron chi connectivity index (χ1n) is 8.98. The zero-order valence-electron chi connectivity index (χ0n) is 13.3. The van der Waals surface area contributed by atoms with Crippen LogP contribution in [-0.2, 0) is 9.53 Å². The van der Waals surface area contributed by atoms with Crippen LogP contribution in [0.5, 0.6) is 0 Å². The zero-order valence-corrected chi connectivity index (χ0v) is 13.3. The minimum absolute atomic E-state index is 0.288. The summed E-state index contributed by atoms with van der Waals surface area (Å²) in [5, 5.41) is 0. The number of esters is 1. The second-order valence-electron chi connectivity index (χ2n) is 7.95. The van der Waals surface area contributed by atoms with Crippen LogP contribution in [0.1, 0.15) is 70.6 Å². The quantitative estimate of drug-likeness (QED) is 0.362. The summed E-state index contributed by atoms with van der Waals surface area (Å²) < 4.78 is 5.01. The second kappa shape index (κ2) is 6.54. The second-order valence-corrected chi connectivity index (χ2v) is 7.95. The van der Waals surface area contributed by atoms with Crippen molar-refractivity contribution >= 4 is 5.97 Å². The van der Waals surface area contributed by atoms with Crippen LogP contribution in [-0.4, -0.2) is 12.6 Å². The van der Waals surface area contributed by atoms with E-state index in [1.165, 1.54) is 51.0 Å². The van der Waals surface area contributed by atoms with E-state index in [0.717, 1.165) is 29.6 Å². The summed E-state index contributed by atoms with van der Waals surface area (Å²) in [4.78, 5) is 10.9. The van der Waals surface area contributed by atoms with Gasteiger partial charge < -0.3 is 4.74 Å². The van der Waals surface area contributed by atoms with Gasteiger partial charge in [-0.2, -0.15) is 0 Å². The molecule has 0 amide bonds. The summed E-state index contributed by atoms with van der Waals surface area (Å²) in [6.07, 6.45) is 16.8. The molecule has 0 heterocycles. The highest BCUT2D eigenvalue weighted by Gasteiger charge is 2.50. The van der Waals surface area contributed by atoms with Crippen molar-refractivity contribution in [3.63, 3.8) is 0 Å². The maximum absolute atomic E-state index is 10.9. The monoisotopic (exact) mass is 290 g/mol. The van der Waals surface area contributed by atoms with Crippen molar-refractivity contribution in [1.29, 1.82) is 0 Å². The Morgan fingerprint density at radius 2 is 1.57 bits per heavy atom. The highest BCUT2D eigenvalue weighted by Crippen LogP contribution is 2.61. The standard InChI is InChI=1S/C19H30O2/c1-2-18(20)21-8-6-4-3-5-7-19-12-15-9-16(13-19)11-17(10-15)14-19/h2,15-17H,1,3-14H2. The smallest absolute Gasteiger partial charge is 0.330 e. The Labute approximate surface area is 129 Å². The Hall–Kier alpha value is -0.790. The topological polar surface area (TPSA) is 26.3 Å². The third kappa shape index (κ3) is 3.70. The number of carbonyl (C=O) groups is 1. The van der Waals surface area contributed by atoms with E-state index in [1.807, 2.05) is 0 Å². The van der Waals surface area contributed by atoms with E-state index in [2.05, 4.69) is 6.58 Å². The first-order chi connectivity index (χ1) is 10.2. The van der Waals surface area contributed by atoms with Crippen LogP contribution in [0.25, 0.3) is 0 Å². The van der Waals surface area contributed by atoms with Crippen molar-refractivity contribution in [1.82, 2.24) is 0 Å². The molecule has 21 heavy (non-hydrogen) atoms. The normalized spacial score (nSPS) is 36.7. The number of rotatable bonds is 8. The van der Waals surface area contributed by atoms with Gasteiger partial charge in [0.15, 0.2) is 0 Å². The van der Waals surface area contributed by atoms with Gasteiger partial charge in [-0.3, -0.25) is 0 Å². The summed E-state index contributed by atoms with van der Waals surface area (Å²) in [6, 6.07) is 0. The molecular formula is C19H30O2. The zero-order chi connectivity index (χ0) is 14.7. The molecular weight excluding hydrogens is 260 g/mol. The Kier molecular flexibility index (Phi) is 4.71. The molecule has 2 heteroatoms. The van der Waals surface area contributed by atoms with Gasteiger partial charge in [0.2, 0.25) is 0 Å². The van der Waals surface area contributed by atoms with Crippen molar-refractivity contribution in [2.24, 2.45) is 23.2 Å². The third-order valence-corrected chi connectivity index (χ3v) is 6.18. The molecule has 0 aliphatic heterocycles. The summed E-state index contributed by atoms with van der Waals surface area (Å²) in [6.45, 7) is 3.96. The number of ether oxygens (including phenoxy) is 1. The molecule has 4 fully saturated rings. The fraction of sp³-hybridized carbons (Fsp3) is 0.842. The largest absolute Gasteiger partial charge is 0.463 e. The maximum Gasteiger partial charge on any atom is 0.330 e. The SMILES string of the molecule is C=CC(=O)OCCCCCCC12CC3CC(CC(C3)C1)C2. The van der Waals surface area contributed by atoms with Gasteiger partial charge >= 0.3 is 5.97 Å². The first kappa shape index (κ1) is 15.1. The van der Waals surface area contributed by atoms with Crippen molar-refractivity contribution < 1.29 is 9.53 Å². The Morgan fingerprint density at radius 3 is 2.14 bits per heavy atom. The number of carbonyl (C=O) groups excluding carboxylic acids is 1. The molecule has 0 unspecified atom stereocenters. The minimum atomic E-state index is -0.288. The average molecular weight is 290 g/mol. The molecule has 0 atom stereocenters. The van der Waals surface area contributed by atoms with Crippen LogP contribution >= 0.6 is 0 Å². The predicted octanol–water partition coefficient (Wildman–Crippen LogP) is 4.88. The molecule has 0 saturated heterocycles. The van der Waals surface area contributed by atoms with Crippen LogP contribution in [0.2, 0.25) is 0 Å². The van der Waals surface area contributed by atoms with Gasteiger partial charge in [-0.15, -0.1) is 0 Å². The lowest BCUT2D eigenvalue weighted by Crippen LogP contribution is -2.45. The van der Waals surface area contributed by atoms with Gasteiger partial charge in [0.1, 0.15) is 0 Å². The summed E-state index contributed by atoms with van der Waals surface area (Å²) in [7, 11) is 0. The molecule has 0 spiro atoms. The van der Waals surface area contributed by atoms with E-state index in [0.29, 0.717) is 6.61 Å². The van der Waals surface area contributed by atoms with Gasteiger partial charge in [-0.25, -0.2) is 4.79 Å². The van der Waals surface area contributed by atoms with E-state index in [4.69, 9.17) is 4.74 Å². The lowest BCUT2D eigenvalue weighted by molar-refractivity contribution is -0.137. The lowest BCUT2D eigenvalue weighted by Gasteiger charge is -2.57. The maximum atomic E-state index is 10.9. The molecule has 4 rings (SSSR count).